The SMILES string of the molecule is CCCCC(=O)Oc1ccc(COP(=O)(OCc2ccc(OC(=O)CCCC)cc2)OP(=O)(O)OC[C@H]2O[C@@H](n3cc(C)c(=O)[nH]c3=O)C[C@@H]2N=[N+]=[N-])cc1. The Hall–Kier alpha value is -4.41. The van der Waals surface area contributed by atoms with Gasteiger partial charge in [-0.3, -0.25) is 37.5 Å². The van der Waals surface area contributed by atoms with Crippen LogP contribution in [0.1, 0.15) is 81.7 Å². The molecule has 4 atom stereocenters. The number of benzene rings is 2. The second-order valence-corrected chi connectivity index (χ2v) is 15.7. The number of azide groups is 1. The average Bonchev–Trinajstić information content (AvgIpc) is 3.55. The standard InChI is InChI=1S/C34H43N5O14P2/c1-4-6-8-31(40)50-26-14-10-24(11-15-26)20-48-55(46,49-21-25-12-16-27(17-13-25)51-32(41)9-7-5-2)53-54(44,45)47-22-29-28(37-38-35)18-30(52-29)39-19-23(3)33(42)36-34(39)43/h10-17,19,28-30H,4-9,18,20-22H2,1-3H3,(H,44,45)(H,36,42,43)/t28-,29+,30+/m0/s1. The highest BCUT2D eigenvalue weighted by Crippen LogP contribution is 2.64. The Bertz CT molecular complexity index is 1960. The lowest BCUT2D eigenvalue weighted by atomic mass is 10.1. The summed E-state index contributed by atoms with van der Waals surface area (Å²) in [6.07, 6.45) is 2.49. The van der Waals surface area contributed by atoms with Crippen molar-refractivity contribution in [2.45, 2.75) is 97.3 Å². The van der Waals surface area contributed by atoms with Crippen LogP contribution in [-0.4, -0.2) is 45.1 Å². The summed E-state index contributed by atoms with van der Waals surface area (Å²) in [5, 5.41) is 3.64. The summed E-state index contributed by atoms with van der Waals surface area (Å²) >= 11 is 0. The van der Waals surface area contributed by atoms with Gasteiger partial charge in [-0.2, -0.15) is 4.31 Å². The van der Waals surface area contributed by atoms with Crippen molar-refractivity contribution < 1.29 is 55.7 Å². The van der Waals surface area contributed by atoms with E-state index in [-0.39, 0.29) is 36.3 Å². The topological polar surface area (TPSA) is 257 Å². The van der Waals surface area contributed by atoms with Crippen LogP contribution in [0.3, 0.4) is 0 Å². The number of aryl methyl sites for hydroxylation is 1. The minimum atomic E-state index is -5.30. The van der Waals surface area contributed by atoms with Crippen molar-refractivity contribution in [2.75, 3.05) is 6.61 Å². The predicted octanol–water partition coefficient (Wildman–Crippen LogP) is 6.68. The number of unbranched alkanes of at least 4 members (excludes halogenated alkanes) is 2. The highest BCUT2D eigenvalue weighted by Gasteiger charge is 2.42. The molecule has 1 unspecified atom stereocenters. The van der Waals surface area contributed by atoms with E-state index in [0.717, 1.165) is 17.4 Å². The highest BCUT2D eigenvalue weighted by atomic mass is 31.3. The minimum Gasteiger partial charge on any atom is -0.427 e. The molecule has 1 fully saturated rings. The van der Waals surface area contributed by atoms with Crippen molar-refractivity contribution in [3.05, 3.63) is 103 Å². The predicted molar refractivity (Wildman–Crippen MR) is 195 cm³/mol. The van der Waals surface area contributed by atoms with E-state index >= 15 is 0 Å². The van der Waals surface area contributed by atoms with Gasteiger partial charge in [-0.15, -0.1) is 0 Å². The number of hydrogen-bond acceptors (Lipinski definition) is 14. The number of hydrogen-bond donors (Lipinski definition) is 2. The molecule has 55 heavy (non-hydrogen) atoms. The fourth-order valence-electron chi connectivity index (χ4n) is 5.05. The minimum absolute atomic E-state index is 0.0573. The third-order valence-corrected chi connectivity index (χ3v) is 11.0. The maximum Gasteiger partial charge on any atom is 0.484 e. The van der Waals surface area contributed by atoms with Gasteiger partial charge in [0.1, 0.15) is 17.7 Å². The Labute approximate surface area is 315 Å². The van der Waals surface area contributed by atoms with Crippen molar-refractivity contribution >= 4 is 27.6 Å². The lowest BCUT2D eigenvalue weighted by Gasteiger charge is -2.22. The molecule has 4 rings (SSSR count). The van der Waals surface area contributed by atoms with E-state index in [1.165, 1.54) is 61.7 Å². The summed E-state index contributed by atoms with van der Waals surface area (Å²) in [6, 6.07) is 11.0. The fourth-order valence-corrected chi connectivity index (χ4v) is 7.65. The van der Waals surface area contributed by atoms with Crippen LogP contribution < -0.4 is 20.7 Å². The van der Waals surface area contributed by atoms with E-state index < -0.39 is 77.0 Å². The number of aromatic amines is 1. The average molecular weight is 808 g/mol. The second kappa shape index (κ2) is 20.5. The van der Waals surface area contributed by atoms with E-state index in [2.05, 4.69) is 15.0 Å². The maximum atomic E-state index is 13.9. The summed E-state index contributed by atoms with van der Waals surface area (Å²) in [4.78, 5) is 63.9. The first-order chi connectivity index (χ1) is 26.2. The molecule has 3 aromatic rings. The number of carbonyl (C=O) groups is 2. The van der Waals surface area contributed by atoms with Gasteiger partial charge in [-0.1, -0.05) is 56.1 Å². The molecule has 298 valence electrons. The number of phosphoric acid groups is 2. The summed E-state index contributed by atoms with van der Waals surface area (Å²) in [5.41, 5.74) is 8.71. The molecule has 1 aromatic heterocycles. The third-order valence-electron chi connectivity index (χ3n) is 8.02. The van der Waals surface area contributed by atoms with E-state index in [1.54, 1.807) is 0 Å². The van der Waals surface area contributed by atoms with E-state index in [1.807, 2.05) is 13.8 Å². The lowest BCUT2D eigenvalue weighted by Crippen LogP contribution is -2.33. The molecule has 2 heterocycles. The normalized spacial score (nSPS) is 17.9. The van der Waals surface area contributed by atoms with E-state index in [0.29, 0.717) is 24.0 Å². The molecule has 0 amide bonds. The van der Waals surface area contributed by atoms with Crippen molar-refractivity contribution in [1.82, 2.24) is 9.55 Å². The van der Waals surface area contributed by atoms with Crippen LogP contribution in [0.25, 0.3) is 10.4 Å². The molecule has 0 aliphatic carbocycles. The highest BCUT2D eigenvalue weighted by molar-refractivity contribution is 7.61. The van der Waals surface area contributed by atoms with Crippen molar-refractivity contribution in [2.24, 2.45) is 5.11 Å². The fraction of sp³-hybridized carbons (Fsp3) is 0.471. The second-order valence-electron chi connectivity index (χ2n) is 12.4. The Morgan fingerprint density at radius 1 is 0.927 bits per heavy atom. The van der Waals surface area contributed by atoms with Gasteiger partial charge in [0, 0.05) is 35.9 Å². The van der Waals surface area contributed by atoms with Crippen LogP contribution >= 0.6 is 15.6 Å². The van der Waals surface area contributed by atoms with Crippen LogP contribution in [0.5, 0.6) is 11.5 Å². The van der Waals surface area contributed by atoms with Crippen LogP contribution in [-0.2, 0) is 54.6 Å². The maximum absolute atomic E-state index is 13.9. The number of aromatic nitrogens is 2. The molecule has 21 heteroatoms. The number of rotatable bonds is 21. The van der Waals surface area contributed by atoms with Gasteiger partial charge < -0.3 is 19.1 Å². The molecule has 1 saturated heterocycles. The van der Waals surface area contributed by atoms with Gasteiger partial charge in [0.05, 0.1) is 32.0 Å². The van der Waals surface area contributed by atoms with Crippen LogP contribution in [0.15, 0.2) is 69.4 Å². The van der Waals surface area contributed by atoms with Gasteiger partial charge in [-0.25, -0.2) is 13.9 Å². The number of esters is 2. The smallest absolute Gasteiger partial charge is 0.427 e. The molecular weight excluding hydrogens is 764 g/mol. The van der Waals surface area contributed by atoms with Gasteiger partial charge in [0.2, 0.25) is 0 Å². The summed E-state index contributed by atoms with van der Waals surface area (Å²) in [6.45, 7) is 3.73. The molecule has 19 nitrogen and oxygen atoms in total. The third kappa shape index (κ3) is 13.7. The van der Waals surface area contributed by atoms with Gasteiger partial charge in [0.25, 0.3) is 5.56 Å². The number of ether oxygens (including phenoxy) is 3. The number of carbonyl (C=O) groups excluding carboxylic acids is 2. The zero-order valence-electron chi connectivity index (χ0n) is 30.4. The van der Waals surface area contributed by atoms with Crippen LogP contribution in [0, 0.1) is 6.92 Å². The number of nitrogens with zero attached hydrogens (tertiary/aromatic N) is 4. The van der Waals surface area contributed by atoms with Crippen LogP contribution in [0.4, 0.5) is 0 Å². The number of phosphoric ester groups is 2. The first-order valence-electron chi connectivity index (χ1n) is 17.4. The number of H-pyrrole nitrogens is 1. The Balaban J connectivity index is 1.46. The molecule has 0 bridgehead atoms. The quantitative estimate of drug-likeness (QED) is 0.0284. The van der Waals surface area contributed by atoms with E-state index in [9.17, 15) is 33.2 Å². The molecule has 2 aromatic carbocycles. The van der Waals surface area contributed by atoms with Gasteiger partial charge in [-0.05, 0) is 60.7 Å². The van der Waals surface area contributed by atoms with Crippen molar-refractivity contribution in [3.8, 4) is 11.5 Å². The summed E-state index contributed by atoms with van der Waals surface area (Å²) < 4.78 is 65.7. The number of nitrogens with one attached hydrogen (secondary N) is 1. The summed E-state index contributed by atoms with van der Waals surface area (Å²) in [7, 11) is -10.2. The van der Waals surface area contributed by atoms with Crippen molar-refractivity contribution in [3.63, 3.8) is 0 Å². The first kappa shape index (κ1) is 43.3. The Kier molecular flexibility index (Phi) is 16.1. The molecule has 2 N–H and O–H groups in total. The summed E-state index contributed by atoms with van der Waals surface area (Å²) in [5.74, 6) is -0.264. The molecule has 1 aliphatic heterocycles. The zero-order valence-corrected chi connectivity index (χ0v) is 32.2. The molecule has 1 aliphatic rings. The van der Waals surface area contributed by atoms with E-state index in [4.69, 9.17) is 37.6 Å². The van der Waals surface area contributed by atoms with Crippen LogP contribution in [0.2, 0.25) is 0 Å². The molecule has 0 spiro atoms. The van der Waals surface area contributed by atoms with Gasteiger partial charge >= 0.3 is 33.3 Å². The lowest BCUT2D eigenvalue weighted by molar-refractivity contribution is -0.135. The first-order valence-corrected chi connectivity index (χ1v) is 20.4. The van der Waals surface area contributed by atoms with Crippen molar-refractivity contribution in [1.29, 1.82) is 0 Å². The molecule has 0 radical (unpaired) electrons. The Morgan fingerprint density at radius 2 is 1.45 bits per heavy atom. The largest absolute Gasteiger partial charge is 0.484 e. The monoisotopic (exact) mass is 807 g/mol. The Morgan fingerprint density at radius 3 is 1.95 bits per heavy atom. The molecule has 0 saturated carbocycles. The zero-order chi connectivity index (χ0) is 40.0. The molecular formula is C34H43N5O14P2. The van der Waals surface area contributed by atoms with Gasteiger partial charge in [0.15, 0.2) is 0 Å².